The SMILES string of the molecule is O=C(CNC(=O)c1cc(Cl)ccn1)NCc1cccc(NC(=O)C2CC2)c1. The Kier molecular flexibility index (Phi) is 6.03. The Bertz CT molecular complexity index is 868. The van der Waals surface area contributed by atoms with Crippen molar-refractivity contribution in [1.29, 1.82) is 0 Å². The Balaban J connectivity index is 1.44. The highest BCUT2D eigenvalue weighted by molar-refractivity contribution is 6.30. The first-order valence-corrected chi connectivity index (χ1v) is 8.95. The Morgan fingerprint density at radius 1 is 1.11 bits per heavy atom. The number of aromatic nitrogens is 1. The van der Waals surface area contributed by atoms with Gasteiger partial charge in [0.1, 0.15) is 5.69 Å². The molecule has 0 spiro atoms. The van der Waals surface area contributed by atoms with Crippen LogP contribution in [0.1, 0.15) is 28.9 Å². The number of pyridine rings is 1. The van der Waals surface area contributed by atoms with Gasteiger partial charge in [0.15, 0.2) is 0 Å². The third-order valence-corrected chi connectivity index (χ3v) is 4.23. The van der Waals surface area contributed by atoms with E-state index in [-0.39, 0.29) is 36.5 Å². The number of carbonyl (C=O) groups is 3. The van der Waals surface area contributed by atoms with Crippen LogP contribution in [0.25, 0.3) is 0 Å². The van der Waals surface area contributed by atoms with Gasteiger partial charge < -0.3 is 16.0 Å². The number of rotatable bonds is 7. The number of halogens is 1. The summed E-state index contributed by atoms with van der Waals surface area (Å²) in [4.78, 5) is 39.6. The summed E-state index contributed by atoms with van der Waals surface area (Å²) in [5.41, 5.74) is 1.70. The molecule has 1 aromatic heterocycles. The molecule has 7 nitrogen and oxygen atoms in total. The van der Waals surface area contributed by atoms with Crippen LogP contribution in [0.2, 0.25) is 5.02 Å². The molecule has 1 heterocycles. The van der Waals surface area contributed by atoms with Crippen LogP contribution in [-0.2, 0) is 16.1 Å². The average molecular weight is 387 g/mol. The van der Waals surface area contributed by atoms with Crippen molar-refractivity contribution in [1.82, 2.24) is 15.6 Å². The number of hydrogen-bond donors (Lipinski definition) is 3. The van der Waals surface area contributed by atoms with Gasteiger partial charge >= 0.3 is 0 Å². The summed E-state index contributed by atoms with van der Waals surface area (Å²) in [5.74, 6) is -0.644. The Hall–Kier alpha value is -2.93. The second kappa shape index (κ2) is 8.64. The highest BCUT2D eigenvalue weighted by Gasteiger charge is 2.29. The highest BCUT2D eigenvalue weighted by Crippen LogP contribution is 2.30. The van der Waals surface area contributed by atoms with Gasteiger partial charge in [-0.3, -0.25) is 19.4 Å². The van der Waals surface area contributed by atoms with Crippen molar-refractivity contribution in [3.63, 3.8) is 0 Å². The summed E-state index contributed by atoms with van der Waals surface area (Å²) in [7, 11) is 0. The van der Waals surface area contributed by atoms with Gasteiger partial charge in [-0.1, -0.05) is 23.7 Å². The van der Waals surface area contributed by atoms with Crippen LogP contribution in [0.3, 0.4) is 0 Å². The fraction of sp³-hybridized carbons (Fsp3) is 0.263. The molecule has 0 saturated heterocycles. The molecule has 1 aromatic carbocycles. The number of nitrogens with one attached hydrogen (secondary N) is 3. The van der Waals surface area contributed by atoms with Crippen LogP contribution in [-0.4, -0.2) is 29.3 Å². The fourth-order valence-electron chi connectivity index (χ4n) is 2.39. The molecule has 1 fully saturated rings. The van der Waals surface area contributed by atoms with Gasteiger partial charge in [-0.15, -0.1) is 0 Å². The topological polar surface area (TPSA) is 100 Å². The van der Waals surface area contributed by atoms with Crippen molar-refractivity contribution < 1.29 is 14.4 Å². The summed E-state index contributed by atoms with van der Waals surface area (Å²) < 4.78 is 0. The van der Waals surface area contributed by atoms with E-state index in [1.165, 1.54) is 12.3 Å². The van der Waals surface area contributed by atoms with E-state index < -0.39 is 5.91 Å². The third-order valence-electron chi connectivity index (χ3n) is 4.00. The fourth-order valence-corrected chi connectivity index (χ4v) is 2.55. The van der Waals surface area contributed by atoms with Crippen LogP contribution in [0.15, 0.2) is 42.6 Å². The van der Waals surface area contributed by atoms with Crippen LogP contribution < -0.4 is 16.0 Å². The molecule has 1 saturated carbocycles. The summed E-state index contributed by atoms with van der Waals surface area (Å²) in [6.45, 7) is 0.113. The maximum atomic E-state index is 11.9. The molecule has 3 rings (SSSR count). The minimum atomic E-state index is -0.475. The summed E-state index contributed by atoms with van der Waals surface area (Å²) in [6.07, 6.45) is 3.31. The lowest BCUT2D eigenvalue weighted by Crippen LogP contribution is -2.36. The molecule has 0 radical (unpaired) electrons. The van der Waals surface area contributed by atoms with Gasteiger partial charge in [0.25, 0.3) is 5.91 Å². The molecule has 1 aliphatic carbocycles. The maximum Gasteiger partial charge on any atom is 0.270 e. The molecule has 140 valence electrons. The molecule has 3 amide bonds. The number of benzene rings is 1. The summed E-state index contributed by atoms with van der Waals surface area (Å²) >= 11 is 5.81. The molecule has 27 heavy (non-hydrogen) atoms. The zero-order valence-electron chi connectivity index (χ0n) is 14.5. The number of hydrogen-bond acceptors (Lipinski definition) is 4. The molecule has 1 aliphatic rings. The molecule has 0 atom stereocenters. The Morgan fingerprint density at radius 3 is 2.67 bits per heavy atom. The van der Waals surface area contributed by atoms with E-state index in [1.54, 1.807) is 6.07 Å². The lowest BCUT2D eigenvalue weighted by atomic mass is 10.2. The van der Waals surface area contributed by atoms with Crippen molar-refractivity contribution in [3.05, 3.63) is 58.9 Å². The normalized spacial score (nSPS) is 12.9. The summed E-state index contributed by atoms with van der Waals surface area (Å²) in [5, 5.41) is 8.47. The second-order valence-electron chi connectivity index (χ2n) is 6.28. The van der Waals surface area contributed by atoms with Crippen molar-refractivity contribution in [2.45, 2.75) is 19.4 Å². The molecule has 0 aliphatic heterocycles. The van der Waals surface area contributed by atoms with Crippen molar-refractivity contribution in [3.8, 4) is 0 Å². The second-order valence-corrected chi connectivity index (χ2v) is 6.72. The molecular formula is C19H19ClN4O3. The molecule has 8 heteroatoms. The number of carbonyl (C=O) groups excluding carboxylic acids is 3. The quantitative estimate of drug-likeness (QED) is 0.678. The first kappa shape index (κ1) is 18.8. The lowest BCUT2D eigenvalue weighted by Gasteiger charge is -2.09. The summed E-state index contributed by atoms with van der Waals surface area (Å²) in [6, 6.07) is 10.3. The molecular weight excluding hydrogens is 368 g/mol. The van der Waals surface area contributed by atoms with Crippen LogP contribution in [0.4, 0.5) is 5.69 Å². The number of anilines is 1. The standard InChI is InChI=1S/C19H19ClN4O3/c20-14-6-7-21-16(9-14)19(27)23-11-17(25)22-10-12-2-1-3-15(8-12)24-18(26)13-4-5-13/h1-3,6-9,13H,4-5,10-11H2,(H,22,25)(H,23,27)(H,24,26). The van der Waals surface area contributed by atoms with Crippen molar-refractivity contribution in [2.24, 2.45) is 5.92 Å². The number of nitrogens with zero attached hydrogens (tertiary/aromatic N) is 1. The smallest absolute Gasteiger partial charge is 0.270 e. The van der Waals surface area contributed by atoms with E-state index >= 15 is 0 Å². The van der Waals surface area contributed by atoms with Gasteiger partial charge in [0, 0.05) is 29.4 Å². The van der Waals surface area contributed by atoms with Gasteiger partial charge in [-0.05, 0) is 42.7 Å². The Morgan fingerprint density at radius 2 is 1.93 bits per heavy atom. The average Bonchev–Trinajstić information content (AvgIpc) is 3.50. The van der Waals surface area contributed by atoms with Gasteiger partial charge in [-0.2, -0.15) is 0 Å². The largest absolute Gasteiger partial charge is 0.350 e. The van der Waals surface area contributed by atoms with E-state index in [2.05, 4.69) is 20.9 Å². The zero-order chi connectivity index (χ0) is 19.2. The monoisotopic (exact) mass is 386 g/mol. The molecule has 2 aromatic rings. The van der Waals surface area contributed by atoms with E-state index in [0.717, 1.165) is 18.4 Å². The van der Waals surface area contributed by atoms with Crippen molar-refractivity contribution >= 4 is 35.0 Å². The van der Waals surface area contributed by atoms with Gasteiger partial charge in [0.05, 0.1) is 6.54 Å². The van der Waals surface area contributed by atoms with Gasteiger partial charge in [-0.25, -0.2) is 0 Å². The number of amides is 3. The van der Waals surface area contributed by atoms with Crippen LogP contribution in [0, 0.1) is 5.92 Å². The molecule has 3 N–H and O–H groups in total. The molecule has 0 bridgehead atoms. The minimum absolute atomic E-state index is 0.0357. The van der Waals surface area contributed by atoms with Crippen LogP contribution >= 0.6 is 11.6 Å². The van der Waals surface area contributed by atoms with E-state index in [0.29, 0.717) is 10.7 Å². The zero-order valence-corrected chi connectivity index (χ0v) is 15.3. The van der Waals surface area contributed by atoms with E-state index in [1.807, 2.05) is 24.3 Å². The Labute approximate surface area is 161 Å². The predicted molar refractivity (Wildman–Crippen MR) is 101 cm³/mol. The van der Waals surface area contributed by atoms with Gasteiger partial charge in [0.2, 0.25) is 11.8 Å². The van der Waals surface area contributed by atoms with E-state index in [9.17, 15) is 14.4 Å². The minimum Gasteiger partial charge on any atom is -0.350 e. The van der Waals surface area contributed by atoms with E-state index in [4.69, 9.17) is 11.6 Å². The van der Waals surface area contributed by atoms with Crippen LogP contribution in [0.5, 0.6) is 0 Å². The maximum absolute atomic E-state index is 11.9. The molecule has 0 unspecified atom stereocenters. The third kappa shape index (κ3) is 5.79. The highest BCUT2D eigenvalue weighted by atomic mass is 35.5. The van der Waals surface area contributed by atoms with Crippen molar-refractivity contribution in [2.75, 3.05) is 11.9 Å². The predicted octanol–water partition coefficient (Wildman–Crippen LogP) is 2.13. The lowest BCUT2D eigenvalue weighted by molar-refractivity contribution is -0.120. The first-order valence-electron chi connectivity index (χ1n) is 8.57. The first-order chi connectivity index (χ1) is 13.0.